The minimum atomic E-state index is -1.26. The summed E-state index contributed by atoms with van der Waals surface area (Å²) in [6.45, 7) is 2.91. The van der Waals surface area contributed by atoms with Gasteiger partial charge in [0.1, 0.15) is 5.82 Å². The van der Waals surface area contributed by atoms with E-state index in [4.69, 9.17) is 5.11 Å². The predicted molar refractivity (Wildman–Crippen MR) is 74.1 cm³/mol. The first-order valence-corrected chi connectivity index (χ1v) is 6.68. The van der Waals surface area contributed by atoms with E-state index in [9.17, 15) is 9.18 Å². The molecule has 1 aromatic carbocycles. The molecule has 0 amide bonds. The quantitative estimate of drug-likeness (QED) is 0.820. The summed E-state index contributed by atoms with van der Waals surface area (Å²) < 4.78 is 15.9. The van der Waals surface area contributed by atoms with Crippen LogP contribution in [0.15, 0.2) is 30.6 Å². The fraction of sp³-hybridized carbons (Fsp3) is 0.333. The second-order valence-corrected chi connectivity index (χ2v) is 4.67. The minimum absolute atomic E-state index is 0.270. The Hall–Kier alpha value is -2.17. The van der Waals surface area contributed by atoms with Crippen LogP contribution < -0.4 is 0 Å². The number of nitrogens with zero attached hydrogens (tertiary/aromatic N) is 2. The third-order valence-electron chi connectivity index (χ3n) is 3.16. The Labute approximate surface area is 116 Å². The molecule has 2 aromatic rings. The van der Waals surface area contributed by atoms with Crippen molar-refractivity contribution in [3.05, 3.63) is 42.0 Å². The van der Waals surface area contributed by atoms with E-state index < -0.39 is 11.8 Å². The van der Waals surface area contributed by atoms with Crippen molar-refractivity contribution >= 4 is 5.97 Å². The maximum Gasteiger partial charge on any atom is 0.338 e. The van der Waals surface area contributed by atoms with Gasteiger partial charge in [0.15, 0.2) is 0 Å². The number of benzene rings is 1. The molecule has 0 radical (unpaired) electrons. The van der Waals surface area contributed by atoms with Gasteiger partial charge in [-0.3, -0.25) is 4.68 Å². The van der Waals surface area contributed by atoms with Gasteiger partial charge in [-0.1, -0.05) is 31.9 Å². The molecule has 0 unspecified atom stereocenters. The summed E-state index contributed by atoms with van der Waals surface area (Å²) in [6, 6.07) is 4.36. The number of aromatic nitrogens is 2. The van der Waals surface area contributed by atoms with E-state index in [1.165, 1.54) is 12.1 Å². The second-order valence-electron chi connectivity index (χ2n) is 4.67. The topological polar surface area (TPSA) is 55.1 Å². The number of carbonyl (C=O) groups is 1. The van der Waals surface area contributed by atoms with Crippen LogP contribution in [0, 0.1) is 5.82 Å². The fourth-order valence-corrected chi connectivity index (χ4v) is 2.07. The van der Waals surface area contributed by atoms with E-state index in [2.05, 4.69) is 12.0 Å². The molecule has 0 spiro atoms. The third kappa shape index (κ3) is 3.04. The number of rotatable bonds is 6. The van der Waals surface area contributed by atoms with Gasteiger partial charge < -0.3 is 5.11 Å². The zero-order valence-electron chi connectivity index (χ0n) is 11.3. The molecule has 0 saturated carbocycles. The van der Waals surface area contributed by atoms with Gasteiger partial charge in [-0.2, -0.15) is 5.10 Å². The van der Waals surface area contributed by atoms with E-state index in [-0.39, 0.29) is 11.1 Å². The van der Waals surface area contributed by atoms with Crippen LogP contribution in [0.2, 0.25) is 0 Å². The van der Waals surface area contributed by atoms with Gasteiger partial charge in [-0.15, -0.1) is 0 Å². The molecule has 0 atom stereocenters. The number of carboxylic acid groups (broad SMARTS) is 1. The molecular weight excluding hydrogens is 259 g/mol. The van der Waals surface area contributed by atoms with Gasteiger partial charge in [0.2, 0.25) is 0 Å². The first kappa shape index (κ1) is 14.2. The van der Waals surface area contributed by atoms with E-state index in [0.717, 1.165) is 25.8 Å². The van der Waals surface area contributed by atoms with E-state index in [1.807, 2.05) is 0 Å². The van der Waals surface area contributed by atoms with Crippen LogP contribution >= 0.6 is 0 Å². The zero-order chi connectivity index (χ0) is 14.5. The lowest BCUT2D eigenvalue weighted by molar-refractivity contribution is 0.0692. The van der Waals surface area contributed by atoms with Crippen LogP contribution in [0.25, 0.3) is 11.1 Å². The van der Waals surface area contributed by atoms with Crippen LogP contribution in [0.3, 0.4) is 0 Å². The number of halogens is 1. The molecule has 0 saturated heterocycles. The van der Waals surface area contributed by atoms with Crippen LogP contribution in [0.5, 0.6) is 0 Å². The summed E-state index contributed by atoms with van der Waals surface area (Å²) in [6.07, 6.45) is 6.59. The molecule has 4 nitrogen and oxygen atoms in total. The molecule has 0 aliphatic heterocycles. The molecule has 1 N–H and O–H groups in total. The van der Waals surface area contributed by atoms with Crippen LogP contribution in [-0.4, -0.2) is 20.9 Å². The van der Waals surface area contributed by atoms with Gasteiger partial charge in [0.05, 0.1) is 11.8 Å². The van der Waals surface area contributed by atoms with Crippen LogP contribution in [0.4, 0.5) is 4.39 Å². The number of hydrogen-bond donors (Lipinski definition) is 1. The Bertz CT molecular complexity index is 608. The molecular formula is C15H17FN2O2. The van der Waals surface area contributed by atoms with E-state index in [0.29, 0.717) is 5.56 Å². The molecule has 106 valence electrons. The highest BCUT2D eigenvalue weighted by Crippen LogP contribution is 2.24. The van der Waals surface area contributed by atoms with Crippen molar-refractivity contribution in [2.75, 3.05) is 0 Å². The standard InChI is InChI=1S/C15H17FN2O2/c1-2-3-4-8-18-10-11(9-17-18)12-6-5-7-13(14(12)16)15(19)20/h5-7,9-10H,2-4,8H2,1H3,(H,19,20). The Kier molecular flexibility index (Phi) is 4.50. The Balaban J connectivity index is 2.24. The Morgan fingerprint density at radius 3 is 2.90 bits per heavy atom. The highest BCUT2D eigenvalue weighted by atomic mass is 19.1. The number of hydrogen-bond acceptors (Lipinski definition) is 2. The summed E-state index contributed by atoms with van der Waals surface area (Å²) in [4.78, 5) is 10.9. The summed E-state index contributed by atoms with van der Waals surface area (Å²) in [5.74, 6) is -1.98. The van der Waals surface area contributed by atoms with Gasteiger partial charge in [0, 0.05) is 23.9 Å². The van der Waals surface area contributed by atoms with E-state index in [1.54, 1.807) is 23.1 Å². The SMILES string of the molecule is CCCCCn1cc(-c2cccc(C(=O)O)c2F)cn1. The smallest absolute Gasteiger partial charge is 0.338 e. The Morgan fingerprint density at radius 1 is 1.40 bits per heavy atom. The average molecular weight is 276 g/mol. The van der Waals surface area contributed by atoms with E-state index >= 15 is 0 Å². The summed E-state index contributed by atoms with van der Waals surface area (Å²) >= 11 is 0. The fourth-order valence-electron chi connectivity index (χ4n) is 2.07. The number of carboxylic acids is 1. The largest absolute Gasteiger partial charge is 0.478 e. The molecule has 2 rings (SSSR count). The van der Waals surface area contributed by atoms with Gasteiger partial charge in [0.25, 0.3) is 0 Å². The molecule has 1 aromatic heterocycles. The van der Waals surface area contributed by atoms with Crippen molar-refractivity contribution in [1.82, 2.24) is 9.78 Å². The zero-order valence-corrected chi connectivity index (χ0v) is 11.3. The predicted octanol–water partition coefficient (Wildman–Crippen LogP) is 3.58. The lowest BCUT2D eigenvalue weighted by atomic mass is 10.1. The third-order valence-corrected chi connectivity index (χ3v) is 3.16. The average Bonchev–Trinajstić information content (AvgIpc) is 2.87. The van der Waals surface area contributed by atoms with Crippen LogP contribution in [-0.2, 0) is 6.54 Å². The highest BCUT2D eigenvalue weighted by molar-refractivity contribution is 5.89. The van der Waals surface area contributed by atoms with Crippen molar-refractivity contribution in [3.63, 3.8) is 0 Å². The molecule has 1 heterocycles. The van der Waals surface area contributed by atoms with Gasteiger partial charge in [-0.25, -0.2) is 9.18 Å². The van der Waals surface area contributed by atoms with Crippen molar-refractivity contribution in [2.24, 2.45) is 0 Å². The second kappa shape index (κ2) is 6.32. The van der Waals surface area contributed by atoms with Crippen molar-refractivity contribution in [2.45, 2.75) is 32.7 Å². The number of aromatic carboxylic acids is 1. The molecule has 0 bridgehead atoms. The maximum absolute atomic E-state index is 14.1. The summed E-state index contributed by atoms with van der Waals surface area (Å²) in [5, 5.41) is 13.1. The van der Waals surface area contributed by atoms with Crippen molar-refractivity contribution in [1.29, 1.82) is 0 Å². The molecule has 0 aliphatic carbocycles. The van der Waals surface area contributed by atoms with Crippen LogP contribution in [0.1, 0.15) is 36.5 Å². The van der Waals surface area contributed by atoms with Gasteiger partial charge >= 0.3 is 5.97 Å². The molecule has 0 fully saturated rings. The molecule has 5 heteroatoms. The summed E-state index contributed by atoms with van der Waals surface area (Å²) in [5.41, 5.74) is 0.551. The molecule has 20 heavy (non-hydrogen) atoms. The normalized spacial score (nSPS) is 10.7. The lowest BCUT2D eigenvalue weighted by Crippen LogP contribution is -2.01. The number of unbranched alkanes of at least 4 members (excludes halogenated alkanes) is 2. The number of aryl methyl sites for hydroxylation is 1. The van der Waals surface area contributed by atoms with Gasteiger partial charge in [-0.05, 0) is 12.5 Å². The monoisotopic (exact) mass is 276 g/mol. The first-order valence-electron chi connectivity index (χ1n) is 6.68. The molecule has 0 aliphatic rings. The summed E-state index contributed by atoms with van der Waals surface area (Å²) in [7, 11) is 0. The lowest BCUT2D eigenvalue weighted by Gasteiger charge is -2.03. The highest BCUT2D eigenvalue weighted by Gasteiger charge is 2.15. The minimum Gasteiger partial charge on any atom is -0.478 e. The van der Waals surface area contributed by atoms with Crippen molar-refractivity contribution in [3.8, 4) is 11.1 Å². The maximum atomic E-state index is 14.1. The Morgan fingerprint density at radius 2 is 2.20 bits per heavy atom. The van der Waals surface area contributed by atoms with Crippen molar-refractivity contribution < 1.29 is 14.3 Å². The first-order chi connectivity index (χ1) is 9.63.